The van der Waals surface area contributed by atoms with E-state index in [0.29, 0.717) is 40.8 Å². The molecule has 6 heterocycles. The molecule has 1 amide bonds. The molecule has 490 valence electrons. The number of halogens is 6. The van der Waals surface area contributed by atoms with Gasteiger partial charge in [-0.1, -0.05) is 7.43 Å². The molecular formula is C56H68F6N19NaO10. The van der Waals surface area contributed by atoms with Crippen LogP contribution in [0.5, 0.6) is 17.2 Å². The molecule has 2 saturated carbocycles. The number of anilines is 9. The molecule has 0 radical (unpaired) electrons. The normalized spacial score (nSPS) is 11.7. The van der Waals surface area contributed by atoms with Crippen molar-refractivity contribution < 1.29 is 105 Å². The number of aliphatic hydroxyl groups is 1. The molecule has 0 aliphatic heterocycles. The predicted molar refractivity (Wildman–Crippen MR) is 326 cm³/mol. The number of carbonyl (C=O) groups excluding carboxylic acids is 2. The predicted octanol–water partition coefficient (Wildman–Crippen LogP) is 5.54. The van der Waals surface area contributed by atoms with Gasteiger partial charge >= 0.3 is 41.5 Å². The van der Waals surface area contributed by atoms with Crippen molar-refractivity contribution in [2.75, 3.05) is 87.6 Å². The first-order chi connectivity index (χ1) is 43.1. The summed E-state index contributed by atoms with van der Waals surface area (Å²) in [6.45, 7) is 3.82. The number of aromatic carboxylic acids is 1. The van der Waals surface area contributed by atoms with Gasteiger partial charge in [-0.05, 0) is 39.5 Å². The molecule has 0 unspecified atom stereocenters. The third kappa shape index (κ3) is 19.3. The molecule has 0 atom stereocenters. The Morgan fingerprint density at radius 2 is 0.913 bits per heavy atom. The molecule has 9 aromatic rings. The Morgan fingerprint density at radius 3 is 1.21 bits per heavy atom. The maximum absolute atomic E-state index is 14.0. The first-order valence-corrected chi connectivity index (χ1v) is 26.9. The monoisotopic (exact) mass is 1300 g/mol. The molecule has 2 aliphatic rings. The third-order valence-corrected chi connectivity index (χ3v) is 12.1. The van der Waals surface area contributed by atoms with Gasteiger partial charge in [-0.3, -0.25) is 4.79 Å². The Hall–Kier alpha value is -9.49. The van der Waals surface area contributed by atoms with Gasteiger partial charge in [-0.2, -0.15) is 28.8 Å². The summed E-state index contributed by atoms with van der Waals surface area (Å²) in [6, 6.07) is 10.8. The minimum absolute atomic E-state index is 0. The number of carboxylic acids is 1. The molecule has 0 bridgehead atoms. The van der Waals surface area contributed by atoms with E-state index in [4.69, 9.17) is 35.0 Å². The Morgan fingerprint density at radius 1 is 0.598 bits per heavy atom. The second kappa shape index (κ2) is 35.2. The molecule has 0 saturated heterocycles. The van der Waals surface area contributed by atoms with Crippen LogP contribution in [0.2, 0.25) is 0 Å². The number of fused-ring (bicyclic) bond motifs is 3. The standard InChI is InChI=1S/C18H18F2N6O2.C17H17F2N5O3.C15H13F2N5O3.C3H7N.C2H6O.CH4.H3N2O.Na/c1-21-15-7-14(24-13-6-9(19)5-12(20)16(13)28-2)25-17-11(8-22-26(15)17)18(27)23-10-3-4-10;1-4-27-17(25)10-8-21-24-14(20-2)7-13(23-16(10)24)22-12-6-9(18)5-11(19)15(12)26-3;1-18-12-5-11(21-14-8(15(23)24)6-19-22(12)14)20-10-4-7(16)3-9(17)13(10)25-2;4-3-1-2-3;1-2-3;;1-2-3;/h5-8,10,21H,3-4H2,1-2H3,(H,23,27)(H,24,25);5-8,20H,4H2,1-3H3,(H,22,23);3-6,18H,1-2H3,(H,20,21)(H,23,24);3H,1-2,4H2;3H,2H2,1H3;1H4;3H,1H2;/q;;;;;;-1;+1. The van der Waals surface area contributed by atoms with Crippen molar-refractivity contribution in [1.82, 2.24) is 49.1 Å². The van der Waals surface area contributed by atoms with Crippen LogP contribution in [-0.4, -0.2) is 145 Å². The Balaban J connectivity index is 0.000000271. The molecule has 6 aromatic heterocycles. The van der Waals surface area contributed by atoms with Gasteiger partial charge in [0.15, 0.2) is 51.6 Å². The fourth-order valence-electron chi connectivity index (χ4n) is 7.86. The SMILES string of the molecule is C.CCO.CCOC(=O)c1cnn2c(NC)cc(Nc3cc(F)cc(F)c3OC)nc12.CNc1cc(Nc2cc(F)cc(F)c2OC)nc2c(C(=O)NC3CC3)cnn12.CNc1cc(Nc2cc(F)cc(F)c2OC)nc2c(C(=O)O)cnn12.NC1CC1.N[N-]O.[Na+]. The largest absolute Gasteiger partial charge is 1.00 e. The van der Waals surface area contributed by atoms with Gasteiger partial charge in [-0.25, -0.2) is 50.9 Å². The van der Waals surface area contributed by atoms with Crippen molar-refractivity contribution in [3.63, 3.8) is 0 Å². The number of hydrogen-bond acceptors (Lipinski definition) is 23. The zero-order valence-corrected chi connectivity index (χ0v) is 52.4. The number of nitrogens with zero attached hydrogens (tertiary/aromatic N) is 10. The summed E-state index contributed by atoms with van der Waals surface area (Å²) in [7, 11) is 8.76. The zero-order valence-electron chi connectivity index (χ0n) is 50.4. The van der Waals surface area contributed by atoms with E-state index >= 15 is 0 Å². The Bertz CT molecular complexity index is 3970. The number of carbonyl (C=O) groups is 3. The van der Waals surface area contributed by atoms with Crippen molar-refractivity contribution in [3.05, 3.63) is 130 Å². The molecule has 36 heteroatoms. The molecular weight excluding hydrogens is 1240 g/mol. The van der Waals surface area contributed by atoms with Crippen molar-refractivity contribution >= 4 is 86.8 Å². The number of nitrogens with two attached hydrogens (primary N) is 2. The Labute approximate surface area is 543 Å². The van der Waals surface area contributed by atoms with Crippen molar-refractivity contribution in [2.45, 2.75) is 59.0 Å². The van der Waals surface area contributed by atoms with Gasteiger partial charge in [0, 0.05) is 94.4 Å². The molecule has 0 spiro atoms. The van der Waals surface area contributed by atoms with E-state index in [1.54, 1.807) is 47.1 Å². The number of aromatic nitrogens is 9. The molecule has 14 N–H and O–H groups in total. The van der Waals surface area contributed by atoms with E-state index in [0.717, 1.165) is 49.4 Å². The van der Waals surface area contributed by atoms with Crippen LogP contribution >= 0.6 is 0 Å². The van der Waals surface area contributed by atoms with Crippen LogP contribution in [0, 0.1) is 34.9 Å². The first kappa shape index (κ1) is 75.0. The number of amides is 1. The average Bonchev–Trinajstić information content (AvgIpc) is 1.66. The summed E-state index contributed by atoms with van der Waals surface area (Å²) < 4.78 is 107. The van der Waals surface area contributed by atoms with Gasteiger partial charge in [0.1, 0.15) is 69.0 Å². The van der Waals surface area contributed by atoms with Crippen LogP contribution in [0.25, 0.3) is 22.5 Å². The van der Waals surface area contributed by atoms with E-state index in [2.05, 4.69) is 73.3 Å². The second-order valence-corrected chi connectivity index (χ2v) is 18.5. The van der Waals surface area contributed by atoms with Crippen molar-refractivity contribution in [3.8, 4) is 17.2 Å². The van der Waals surface area contributed by atoms with Crippen LogP contribution in [-0.2, 0) is 4.74 Å². The zero-order chi connectivity index (χ0) is 65.9. The van der Waals surface area contributed by atoms with E-state index in [1.165, 1.54) is 66.2 Å². The van der Waals surface area contributed by atoms with Crippen LogP contribution in [0.15, 0.2) is 73.2 Å². The summed E-state index contributed by atoms with van der Waals surface area (Å²) in [4.78, 5) is 48.7. The minimum atomic E-state index is -1.20. The molecule has 3 aromatic carbocycles. The van der Waals surface area contributed by atoms with Gasteiger partial charge in [0.25, 0.3) is 5.91 Å². The maximum Gasteiger partial charge on any atom is 1.00 e. The van der Waals surface area contributed by atoms with Gasteiger partial charge in [0.05, 0.1) is 63.6 Å². The summed E-state index contributed by atoms with van der Waals surface area (Å²) >= 11 is 0. The summed E-state index contributed by atoms with van der Waals surface area (Å²) in [5.74, 6) is -1.32. The topological polar surface area (TPSA) is 390 Å². The summed E-state index contributed by atoms with van der Waals surface area (Å²) in [5, 5.41) is 56.1. The maximum atomic E-state index is 14.0. The Kier molecular flexibility index (Phi) is 28.7. The van der Waals surface area contributed by atoms with Crippen molar-refractivity contribution in [2.24, 2.45) is 11.6 Å². The van der Waals surface area contributed by atoms with Crippen LogP contribution in [0.1, 0.15) is 78.0 Å². The smallest absolute Gasteiger partial charge is 0.492 e. The number of benzene rings is 3. The number of nitrogens with one attached hydrogen (secondary N) is 7. The molecule has 29 nitrogen and oxygen atoms in total. The van der Waals surface area contributed by atoms with E-state index in [-0.39, 0.29) is 136 Å². The number of ether oxygens (including phenoxy) is 4. The van der Waals surface area contributed by atoms with Gasteiger partial charge in [0.2, 0.25) is 0 Å². The molecule has 2 aliphatic carbocycles. The third-order valence-electron chi connectivity index (χ3n) is 12.1. The van der Waals surface area contributed by atoms with E-state index in [1.807, 2.05) is 5.59 Å². The first-order valence-electron chi connectivity index (χ1n) is 26.9. The number of esters is 1. The quantitative estimate of drug-likeness (QED) is 0.0175. The van der Waals surface area contributed by atoms with Crippen LogP contribution in [0.4, 0.5) is 78.3 Å². The fourth-order valence-corrected chi connectivity index (χ4v) is 7.86. The minimum Gasteiger partial charge on any atom is -0.492 e. The van der Waals surface area contributed by atoms with Crippen LogP contribution < -0.4 is 92.6 Å². The average molecular weight is 1300 g/mol. The van der Waals surface area contributed by atoms with Gasteiger partial charge in [-0.15, -0.1) is 0 Å². The second-order valence-electron chi connectivity index (χ2n) is 18.5. The molecule has 92 heavy (non-hydrogen) atoms. The molecule has 11 rings (SSSR count). The van der Waals surface area contributed by atoms with Crippen LogP contribution in [0.3, 0.4) is 0 Å². The van der Waals surface area contributed by atoms with Crippen molar-refractivity contribution in [1.29, 1.82) is 0 Å². The molecule has 2 fully saturated rings. The van der Waals surface area contributed by atoms with E-state index < -0.39 is 46.8 Å². The fraction of sp³-hybridized carbons (Fsp3) is 0.304. The number of aliphatic hydroxyl groups excluding tert-OH is 1. The number of carboxylic acid groups (broad SMARTS) is 1. The summed E-state index contributed by atoms with van der Waals surface area (Å²) in [5.41, 5.74) is 8.31. The number of hydrogen-bond donors (Lipinski definition) is 12. The number of rotatable bonds is 17. The van der Waals surface area contributed by atoms with E-state index in [9.17, 15) is 45.8 Å². The summed E-state index contributed by atoms with van der Waals surface area (Å²) in [6.07, 6.45) is 8.38. The number of methoxy groups -OCH3 is 3. The van der Waals surface area contributed by atoms with Gasteiger partial charge < -0.3 is 88.8 Å².